The van der Waals surface area contributed by atoms with Crippen molar-refractivity contribution >= 4 is 16.5 Å². The molecule has 5 heteroatoms. The van der Waals surface area contributed by atoms with Crippen LogP contribution < -0.4 is 4.90 Å². The molecule has 1 aliphatic heterocycles. The van der Waals surface area contributed by atoms with Crippen molar-refractivity contribution in [3.63, 3.8) is 0 Å². The first kappa shape index (κ1) is 10.8. The highest BCUT2D eigenvalue weighted by molar-refractivity contribution is 7.13. The van der Waals surface area contributed by atoms with Gasteiger partial charge in [0.25, 0.3) is 0 Å². The van der Waals surface area contributed by atoms with Crippen LogP contribution in [0.5, 0.6) is 0 Å². The monoisotopic (exact) mass is 248 g/mol. The SMILES string of the molecule is CCc1nccn1CC1CN(c2nccs2)C1. The molecule has 0 unspecified atom stereocenters. The Morgan fingerprint density at radius 1 is 1.35 bits per heavy atom. The van der Waals surface area contributed by atoms with Crippen LogP contribution in [0, 0.1) is 5.92 Å². The van der Waals surface area contributed by atoms with Gasteiger partial charge >= 0.3 is 0 Å². The van der Waals surface area contributed by atoms with Crippen molar-refractivity contribution in [1.29, 1.82) is 0 Å². The lowest BCUT2D eigenvalue weighted by Gasteiger charge is -2.39. The first-order valence-corrected chi connectivity index (χ1v) is 6.89. The molecule has 0 spiro atoms. The summed E-state index contributed by atoms with van der Waals surface area (Å²) in [4.78, 5) is 11.0. The molecule has 1 fully saturated rings. The Morgan fingerprint density at radius 2 is 2.24 bits per heavy atom. The number of anilines is 1. The summed E-state index contributed by atoms with van der Waals surface area (Å²) in [7, 11) is 0. The molecule has 0 aliphatic carbocycles. The van der Waals surface area contributed by atoms with E-state index in [-0.39, 0.29) is 0 Å². The Balaban J connectivity index is 1.56. The van der Waals surface area contributed by atoms with Gasteiger partial charge in [-0.05, 0) is 0 Å². The molecule has 0 atom stereocenters. The van der Waals surface area contributed by atoms with Crippen LogP contribution in [0.25, 0.3) is 0 Å². The lowest BCUT2D eigenvalue weighted by atomic mass is 10.0. The summed E-state index contributed by atoms with van der Waals surface area (Å²) < 4.78 is 2.28. The fraction of sp³-hybridized carbons (Fsp3) is 0.500. The van der Waals surface area contributed by atoms with Gasteiger partial charge in [-0.1, -0.05) is 6.92 Å². The molecule has 0 N–H and O–H groups in total. The molecule has 0 amide bonds. The number of nitrogens with zero attached hydrogens (tertiary/aromatic N) is 4. The molecular formula is C12H16N4S. The highest BCUT2D eigenvalue weighted by Gasteiger charge is 2.28. The van der Waals surface area contributed by atoms with Crippen LogP contribution in [0.1, 0.15) is 12.7 Å². The van der Waals surface area contributed by atoms with Gasteiger partial charge in [-0.2, -0.15) is 0 Å². The van der Waals surface area contributed by atoms with E-state index in [4.69, 9.17) is 0 Å². The zero-order valence-electron chi connectivity index (χ0n) is 9.91. The maximum Gasteiger partial charge on any atom is 0.185 e. The summed E-state index contributed by atoms with van der Waals surface area (Å²) in [5.74, 6) is 1.93. The van der Waals surface area contributed by atoms with E-state index in [1.165, 1.54) is 5.82 Å². The van der Waals surface area contributed by atoms with Crippen LogP contribution in [-0.2, 0) is 13.0 Å². The third-order valence-corrected chi connectivity index (χ3v) is 4.05. The molecule has 3 heterocycles. The lowest BCUT2D eigenvalue weighted by molar-refractivity contribution is 0.353. The Kier molecular flexibility index (Phi) is 2.84. The molecule has 1 aliphatic rings. The second kappa shape index (κ2) is 4.49. The van der Waals surface area contributed by atoms with Gasteiger partial charge in [0.2, 0.25) is 0 Å². The van der Waals surface area contributed by atoms with Gasteiger partial charge in [0.1, 0.15) is 5.82 Å². The van der Waals surface area contributed by atoms with Gasteiger partial charge in [0, 0.05) is 55.9 Å². The van der Waals surface area contributed by atoms with Gasteiger partial charge in [-0.15, -0.1) is 11.3 Å². The summed E-state index contributed by atoms with van der Waals surface area (Å²) >= 11 is 1.72. The number of hydrogen-bond donors (Lipinski definition) is 0. The maximum absolute atomic E-state index is 4.35. The predicted molar refractivity (Wildman–Crippen MR) is 69.4 cm³/mol. The highest BCUT2D eigenvalue weighted by atomic mass is 32.1. The van der Waals surface area contributed by atoms with E-state index in [0.29, 0.717) is 0 Å². The fourth-order valence-corrected chi connectivity index (χ4v) is 2.98. The standard InChI is InChI=1S/C12H16N4S/c1-2-11-13-3-5-15(11)7-10-8-16(9-10)12-14-4-6-17-12/h3-6,10H,2,7-9H2,1H3. The fourth-order valence-electron chi connectivity index (χ4n) is 2.31. The quantitative estimate of drug-likeness (QED) is 0.830. The molecule has 0 aromatic carbocycles. The van der Waals surface area contributed by atoms with Crippen molar-refractivity contribution in [2.45, 2.75) is 19.9 Å². The second-order valence-electron chi connectivity index (χ2n) is 4.44. The smallest absolute Gasteiger partial charge is 0.185 e. The summed E-state index contributed by atoms with van der Waals surface area (Å²) in [5.41, 5.74) is 0. The third kappa shape index (κ3) is 2.07. The van der Waals surface area contributed by atoms with E-state index in [1.807, 2.05) is 17.8 Å². The number of rotatable bonds is 4. The number of imidazole rings is 1. The van der Waals surface area contributed by atoms with E-state index in [9.17, 15) is 0 Å². The molecule has 2 aromatic rings. The minimum atomic E-state index is 0.735. The van der Waals surface area contributed by atoms with E-state index in [0.717, 1.165) is 37.1 Å². The summed E-state index contributed by atoms with van der Waals surface area (Å²) in [6, 6.07) is 0. The zero-order valence-corrected chi connectivity index (χ0v) is 10.7. The summed E-state index contributed by atoms with van der Waals surface area (Å²) in [6.45, 7) is 5.48. The number of thiazole rings is 1. The second-order valence-corrected chi connectivity index (χ2v) is 5.31. The molecule has 4 nitrogen and oxygen atoms in total. The topological polar surface area (TPSA) is 34.0 Å². The molecule has 0 radical (unpaired) electrons. The Labute approximate surface area is 105 Å². The average molecular weight is 248 g/mol. The maximum atomic E-state index is 4.35. The number of aryl methyl sites for hydroxylation is 1. The minimum Gasteiger partial charge on any atom is -0.347 e. The largest absolute Gasteiger partial charge is 0.347 e. The van der Waals surface area contributed by atoms with Crippen molar-refractivity contribution in [3.8, 4) is 0 Å². The first-order valence-electron chi connectivity index (χ1n) is 6.01. The van der Waals surface area contributed by atoms with Crippen LogP contribution in [-0.4, -0.2) is 27.6 Å². The Morgan fingerprint density at radius 3 is 2.94 bits per heavy atom. The van der Waals surface area contributed by atoms with Crippen LogP contribution in [0.4, 0.5) is 5.13 Å². The van der Waals surface area contributed by atoms with Crippen LogP contribution >= 0.6 is 11.3 Å². The van der Waals surface area contributed by atoms with Gasteiger partial charge in [0.15, 0.2) is 5.13 Å². The first-order chi connectivity index (χ1) is 8.36. The van der Waals surface area contributed by atoms with Crippen LogP contribution in [0.15, 0.2) is 24.0 Å². The van der Waals surface area contributed by atoms with Crippen molar-refractivity contribution in [2.75, 3.05) is 18.0 Å². The Bertz CT molecular complexity index is 470. The number of hydrogen-bond acceptors (Lipinski definition) is 4. The zero-order chi connectivity index (χ0) is 11.7. The summed E-state index contributed by atoms with van der Waals surface area (Å²) in [5, 5.41) is 3.19. The molecule has 90 valence electrons. The van der Waals surface area contributed by atoms with E-state index < -0.39 is 0 Å². The molecular weight excluding hydrogens is 232 g/mol. The van der Waals surface area contributed by atoms with Crippen molar-refractivity contribution < 1.29 is 0 Å². The minimum absolute atomic E-state index is 0.735. The van der Waals surface area contributed by atoms with Gasteiger partial charge in [-0.25, -0.2) is 9.97 Å². The highest BCUT2D eigenvalue weighted by Crippen LogP contribution is 2.27. The normalized spacial score (nSPS) is 16.2. The van der Waals surface area contributed by atoms with Crippen molar-refractivity contribution in [1.82, 2.24) is 14.5 Å². The lowest BCUT2D eigenvalue weighted by Crippen LogP contribution is -2.48. The van der Waals surface area contributed by atoms with E-state index in [1.54, 1.807) is 11.3 Å². The predicted octanol–water partition coefficient (Wildman–Crippen LogP) is 2.04. The molecule has 2 aromatic heterocycles. The molecule has 3 rings (SSSR count). The van der Waals surface area contributed by atoms with Gasteiger partial charge in [-0.3, -0.25) is 0 Å². The van der Waals surface area contributed by atoms with Crippen LogP contribution in [0.3, 0.4) is 0 Å². The van der Waals surface area contributed by atoms with Gasteiger partial charge in [0.05, 0.1) is 0 Å². The molecule has 0 bridgehead atoms. The molecule has 1 saturated heterocycles. The van der Waals surface area contributed by atoms with Crippen molar-refractivity contribution in [2.24, 2.45) is 5.92 Å². The molecule has 17 heavy (non-hydrogen) atoms. The molecule has 0 saturated carbocycles. The third-order valence-electron chi connectivity index (χ3n) is 3.22. The Hall–Kier alpha value is -1.36. The number of aromatic nitrogens is 3. The van der Waals surface area contributed by atoms with Gasteiger partial charge < -0.3 is 9.47 Å². The summed E-state index contributed by atoms with van der Waals surface area (Å²) in [6.07, 6.45) is 6.87. The van der Waals surface area contributed by atoms with Crippen molar-refractivity contribution in [3.05, 3.63) is 29.8 Å². The van der Waals surface area contributed by atoms with E-state index >= 15 is 0 Å². The average Bonchev–Trinajstić information content (AvgIpc) is 2.93. The van der Waals surface area contributed by atoms with E-state index in [2.05, 4.69) is 32.6 Å². The van der Waals surface area contributed by atoms with Crippen LogP contribution in [0.2, 0.25) is 0 Å².